The molecule has 1 aliphatic rings. The predicted molar refractivity (Wildman–Crippen MR) is 102 cm³/mol. The summed E-state index contributed by atoms with van der Waals surface area (Å²) < 4.78 is 0. The lowest BCUT2D eigenvalue weighted by Gasteiger charge is -2.19. The van der Waals surface area contributed by atoms with Gasteiger partial charge in [0.15, 0.2) is 0 Å². The van der Waals surface area contributed by atoms with Gasteiger partial charge < -0.3 is 10.6 Å². The Kier molecular flexibility index (Phi) is 6.03. The first-order valence-electron chi connectivity index (χ1n) is 8.70. The maximum atomic E-state index is 12.5. The summed E-state index contributed by atoms with van der Waals surface area (Å²) in [7, 11) is 0. The lowest BCUT2D eigenvalue weighted by Crippen LogP contribution is -2.45. The minimum Gasteiger partial charge on any atom is -0.349 e. The molecule has 1 saturated heterocycles. The molecule has 3 atom stereocenters. The Morgan fingerprint density at radius 3 is 2.62 bits per heavy atom. The summed E-state index contributed by atoms with van der Waals surface area (Å²) in [6.07, 6.45) is 0.843. The summed E-state index contributed by atoms with van der Waals surface area (Å²) in [5.41, 5.74) is 7.29. The van der Waals surface area contributed by atoms with Crippen LogP contribution in [-0.4, -0.2) is 18.0 Å². The van der Waals surface area contributed by atoms with E-state index in [1.54, 1.807) is 11.3 Å². The lowest BCUT2D eigenvalue weighted by atomic mass is 10.0. The van der Waals surface area contributed by atoms with Crippen LogP contribution in [-0.2, 0) is 9.59 Å². The van der Waals surface area contributed by atoms with E-state index in [2.05, 4.69) is 40.5 Å². The highest BCUT2D eigenvalue weighted by Gasteiger charge is 2.28. The van der Waals surface area contributed by atoms with E-state index < -0.39 is 0 Å². The molecule has 0 radical (unpaired) electrons. The van der Waals surface area contributed by atoms with Crippen molar-refractivity contribution in [2.75, 3.05) is 0 Å². The van der Waals surface area contributed by atoms with E-state index in [1.807, 2.05) is 30.3 Å². The van der Waals surface area contributed by atoms with E-state index >= 15 is 0 Å². The normalized spacial score (nSPS) is 20.5. The molecule has 26 heavy (non-hydrogen) atoms. The summed E-state index contributed by atoms with van der Waals surface area (Å²) in [6, 6.07) is 13.6. The molecule has 4 N–H and O–H groups in total. The van der Waals surface area contributed by atoms with Gasteiger partial charge in [-0.2, -0.15) is 0 Å². The van der Waals surface area contributed by atoms with E-state index in [1.165, 1.54) is 16.7 Å². The Labute approximate surface area is 157 Å². The summed E-state index contributed by atoms with van der Waals surface area (Å²) in [6.45, 7) is 3.55. The topological polar surface area (TPSA) is 82.3 Å². The molecule has 1 aromatic carbocycles. The molecule has 7 heteroatoms. The van der Waals surface area contributed by atoms with Crippen molar-refractivity contribution in [3.63, 3.8) is 0 Å². The third-order valence-electron chi connectivity index (χ3n) is 4.31. The van der Waals surface area contributed by atoms with Crippen molar-refractivity contribution in [1.29, 1.82) is 0 Å². The first-order valence-corrected chi connectivity index (χ1v) is 9.51. The van der Waals surface area contributed by atoms with Gasteiger partial charge in [-0.1, -0.05) is 30.3 Å². The van der Waals surface area contributed by atoms with Crippen LogP contribution in [0.3, 0.4) is 0 Å². The number of hydrazine groups is 1. The van der Waals surface area contributed by atoms with Crippen LogP contribution in [0.1, 0.15) is 47.2 Å². The van der Waals surface area contributed by atoms with Crippen LogP contribution in [0, 0.1) is 6.92 Å². The number of hydrogen-bond acceptors (Lipinski definition) is 5. The van der Waals surface area contributed by atoms with Crippen molar-refractivity contribution in [1.82, 2.24) is 21.5 Å². The Morgan fingerprint density at radius 2 is 1.96 bits per heavy atom. The predicted octanol–water partition coefficient (Wildman–Crippen LogP) is 2.31. The Morgan fingerprint density at radius 1 is 1.19 bits per heavy atom. The van der Waals surface area contributed by atoms with Gasteiger partial charge in [-0.25, -0.2) is 10.9 Å². The van der Waals surface area contributed by atoms with Crippen LogP contribution >= 0.6 is 11.3 Å². The first kappa shape index (κ1) is 18.6. The Hall–Kier alpha value is -2.22. The largest absolute Gasteiger partial charge is 0.349 e. The van der Waals surface area contributed by atoms with E-state index in [0.29, 0.717) is 0 Å². The number of carbonyl (C=O) groups is 2. The fourth-order valence-electron chi connectivity index (χ4n) is 3.10. The van der Waals surface area contributed by atoms with E-state index in [0.717, 1.165) is 12.0 Å². The molecule has 0 bridgehead atoms. The quantitative estimate of drug-likeness (QED) is 0.627. The second kappa shape index (κ2) is 8.44. The van der Waals surface area contributed by atoms with Gasteiger partial charge in [0, 0.05) is 23.1 Å². The highest BCUT2D eigenvalue weighted by atomic mass is 32.1. The maximum absolute atomic E-state index is 12.5. The zero-order chi connectivity index (χ0) is 18.5. The highest BCUT2D eigenvalue weighted by Crippen LogP contribution is 2.27. The average molecular weight is 372 g/mol. The average Bonchev–Trinajstić information content (AvgIpc) is 3.23. The molecule has 138 valence electrons. The number of benzene rings is 1. The number of hydrogen-bond donors (Lipinski definition) is 4. The van der Waals surface area contributed by atoms with E-state index in [9.17, 15) is 9.59 Å². The number of thiophene rings is 1. The first-order chi connectivity index (χ1) is 12.5. The molecule has 2 heterocycles. The maximum Gasteiger partial charge on any atom is 0.223 e. The van der Waals surface area contributed by atoms with E-state index in [-0.39, 0.29) is 36.5 Å². The SMILES string of the molecule is CC(=O)NC(CC(=O)NC1CC(c2ccc(C)s2)NN1)c1ccccc1. The van der Waals surface area contributed by atoms with Crippen molar-refractivity contribution < 1.29 is 9.59 Å². The summed E-state index contributed by atoms with van der Waals surface area (Å²) in [5.74, 6) is -0.254. The van der Waals surface area contributed by atoms with Gasteiger partial charge in [0.25, 0.3) is 0 Å². The molecular formula is C19H24N4O2S. The van der Waals surface area contributed by atoms with Crippen LogP contribution in [0.5, 0.6) is 0 Å². The van der Waals surface area contributed by atoms with Gasteiger partial charge in [-0.15, -0.1) is 11.3 Å². The van der Waals surface area contributed by atoms with Crippen molar-refractivity contribution in [3.05, 3.63) is 57.8 Å². The van der Waals surface area contributed by atoms with Crippen molar-refractivity contribution in [3.8, 4) is 0 Å². The number of rotatable bonds is 6. The fourth-order valence-corrected chi connectivity index (χ4v) is 4.04. The molecule has 1 aliphatic heterocycles. The molecule has 2 amide bonds. The zero-order valence-corrected chi connectivity index (χ0v) is 15.7. The summed E-state index contributed by atoms with van der Waals surface area (Å²) >= 11 is 1.76. The molecule has 3 rings (SSSR count). The van der Waals surface area contributed by atoms with Crippen molar-refractivity contribution >= 4 is 23.2 Å². The molecule has 0 aliphatic carbocycles. The molecule has 0 spiro atoms. The third-order valence-corrected chi connectivity index (χ3v) is 5.43. The third kappa shape index (κ3) is 4.91. The number of amides is 2. The van der Waals surface area contributed by atoms with Gasteiger partial charge in [-0.3, -0.25) is 9.59 Å². The van der Waals surface area contributed by atoms with Crippen molar-refractivity contribution in [2.24, 2.45) is 0 Å². The standard InChI is InChI=1S/C19H24N4O2S/c1-12-8-9-17(26-12)16-10-18(23-22-16)21-19(25)11-15(20-13(2)24)14-6-4-3-5-7-14/h3-9,15-16,18,22-23H,10-11H2,1-2H3,(H,20,24)(H,21,25). The summed E-state index contributed by atoms with van der Waals surface area (Å²) in [5, 5.41) is 5.85. The zero-order valence-electron chi connectivity index (χ0n) is 14.9. The number of nitrogens with one attached hydrogen (secondary N) is 4. The second-order valence-corrected chi connectivity index (χ2v) is 7.83. The minimum absolute atomic E-state index is 0.102. The molecule has 2 aromatic rings. The molecule has 6 nitrogen and oxygen atoms in total. The van der Waals surface area contributed by atoms with Gasteiger partial charge in [0.1, 0.15) is 0 Å². The van der Waals surface area contributed by atoms with Gasteiger partial charge in [-0.05, 0) is 24.6 Å². The Bertz CT molecular complexity index is 762. The molecule has 0 saturated carbocycles. The highest BCUT2D eigenvalue weighted by molar-refractivity contribution is 7.12. The summed E-state index contributed by atoms with van der Waals surface area (Å²) in [4.78, 5) is 26.5. The number of carbonyl (C=O) groups excluding carboxylic acids is 2. The van der Waals surface area contributed by atoms with Crippen LogP contribution in [0.4, 0.5) is 0 Å². The fraction of sp³-hybridized carbons (Fsp3) is 0.368. The lowest BCUT2D eigenvalue weighted by molar-refractivity contribution is -0.123. The van der Waals surface area contributed by atoms with Crippen LogP contribution in [0.15, 0.2) is 42.5 Å². The molecule has 1 fully saturated rings. The van der Waals surface area contributed by atoms with Gasteiger partial charge >= 0.3 is 0 Å². The van der Waals surface area contributed by atoms with Crippen LogP contribution in [0.25, 0.3) is 0 Å². The molecular weight excluding hydrogens is 348 g/mol. The van der Waals surface area contributed by atoms with E-state index in [4.69, 9.17) is 0 Å². The van der Waals surface area contributed by atoms with Gasteiger partial charge in [0.05, 0.1) is 24.7 Å². The minimum atomic E-state index is -0.334. The van der Waals surface area contributed by atoms with Crippen molar-refractivity contribution in [2.45, 2.75) is 44.9 Å². The monoisotopic (exact) mass is 372 g/mol. The second-order valence-electron chi connectivity index (χ2n) is 6.51. The smallest absolute Gasteiger partial charge is 0.223 e. The Balaban J connectivity index is 1.56. The molecule has 1 aromatic heterocycles. The van der Waals surface area contributed by atoms with Gasteiger partial charge in [0.2, 0.25) is 11.8 Å². The number of aryl methyl sites for hydroxylation is 1. The van der Waals surface area contributed by atoms with Crippen LogP contribution in [0.2, 0.25) is 0 Å². The molecule has 3 unspecified atom stereocenters. The van der Waals surface area contributed by atoms with Crippen LogP contribution < -0.4 is 21.5 Å².